The fourth-order valence-corrected chi connectivity index (χ4v) is 2.76. The number of Topliss-reactive ketones (excluding diaryl/α,β-unsaturated/α-hetero) is 1. The Balaban J connectivity index is 1.84. The summed E-state index contributed by atoms with van der Waals surface area (Å²) in [5.74, 6) is 0.412. The molecule has 1 N–H and O–H groups in total. The Morgan fingerprint density at radius 3 is 2.28 bits per heavy atom. The highest BCUT2D eigenvalue weighted by atomic mass is 16.1. The summed E-state index contributed by atoms with van der Waals surface area (Å²) in [6, 6.07) is 0.628. The average Bonchev–Trinajstić information content (AvgIpc) is 2.88. The van der Waals surface area contributed by atoms with Crippen molar-refractivity contribution in [2.45, 2.75) is 90.0 Å². The lowest BCUT2D eigenvalue weighted by Gasteiger charge is -2.10. The van der Waals surface area contributed by atoms with Crippen molar-refractivity contribution in [1.82, 2.24) is 5.32 Å². The van der Waals surface area contributed by atoms with Gasteiger partial charge in [-0.2, -0.15) is 0 Å². The Kier molecular flexibility index (Phi) is 9.19. The zero-order valence-electron chi connectivity index (χ0n) is 12.2. The summed E-state index contributed by atoms with van der Waals surface area (Å²) < 4.78 is 0. The maximum atomic E-state index is 11.7. The summed E-state index contributed by atoms with van der Waals surface area (Å²) in [7, 11) is 0. The number of rotatable bonds is 11. The Hall–Kier alpha value is -0.370. The third-order valence-corrected chi connectivity index (χ3v) is 4.00. The maximum Gasteiger partial charge on any atom is 0.146 e. The molecule has 0 aromatic rings. The summed E-state index contributed by atoms with van der Waals surface area (Å²) >= 11 is 0. The van der Waals surface area contributed by atoms with Gasteiger partial charge >= 0.3 is 0 Å². The van der Waals surface area contributed by atoms with Crippen LogP contribution >= 0.6 is 0 Å². The largest absolute Gasteiger partial charge is 0.307 e. The summed E-state index contributed by atoms with van der Waals surface area (Å²) in [5.41, 5.74) is 0. The molecule has 0 spiro atoms. The van der Waals surface area contributed by atoms with E-state index < -0.39 is 0 Å². The monoisotopic (exact) mass is 253 g/mol. The van der Waals surface area contributed by atoms with Crippen LogP contribution in [0.25, 0.3) is 0 Å². The van der Waals surface area contributed by atoms with Gasteiger partial charge < -0.3 is 5.32 Å². The van der Waals surface area contributed by atoms with Crippen LogP contribution in [0.3, 0.4) is 0 Å². The minimum Gasteiger partial charge on any atom is -0.307 e. The van der Waals surface area contributed by atoms with Gasteiger partial charge in [-0.25, -0.2) is 0 Å². The van der Waals surface area contributed by atoms with E-state index in [2.05, 4.69) is 12.2 Å². The first kappa shape index (κ1) is 15.7. The fraction of sp³-hybridized carbons (Fsp3) is 0.938. The van der Waals surface area contributed by atoms with Gasteiger partial charge in [0.05, 0.1) is 6.54 Å². The molecule has 0 aromatic carbocycles. The number of nitrogens with one attached hydrogen (secondary N) is 1. The van der Waals surface area contributed by atoms with Gasteiger partial charge in [0.15, 0.2) is 0 Å². The van der Waals surface area contributed by atoms with Crippen LogP contribution in [-0.4, -0.2) is 18.4 Å². The Morgan fingerprint density at radius 2 is 1.61 bits per heavy atom. The van der Waals surface area contributed by atoms with E-state index in [-0.39, 0.29) is 0 Å². The van der Waals surface area contributed by atoms with Crippen LogP contribution in [0.15, 0.2) is 0 Å². The molecular formula is C16H31NO. The highest BCUT2D eigenvalue weighted by Crippen LogP contribution is 2.17. The molecule has 0 radical (unpaired) electrons. The third kappa shape index (κ3) is 7.86. The highest BCUT2D eigenvalue weighted by molar-refractivity contribution is 5.80. The number of unbranched alkanes of at least 4 members (excludes halogenated alkanes) is 6. The molecular weight excluding hydrogens is 222 g/mol. The van der Waals surface area contributed by atoms with Gasteiger partial charge in [0.2, 0.25) is 0 Å². The molecule has 1 fully saturated rings. The number of ketones is 1. The lowest BCUT2D eigenvalue weighted by Crippen LogP contribution is -2.31. The Labute approximate surface area is 113 Å². The second-order valence-electron chi connectivity index (χ2n) is 5.77. The first-order valence-electron chi connectivity index (χ1n) is 8.08. The van der Waals surface area contributed by atoms with Crippen molar-refractivity contribution >= 4 is 5.78 Å². The van der Waals surface area contributed by atoms with Crippen molar-refractivity contribution in [3.8, 4) is 0 Å². The van der Waals surface area contributed by atoms with E-state index in [0.29, 0.717) is 18.4 Å². The zero-order valence-corrected chi connectivity index (χ0v) is 12.2. The van der Waals surface area contributed by atoms with Crippen molar-refractivity contribution in [2.75, 3.05) is 6.54 Å². The predicted octanol–water partition coefficient (Wildman–Crippen LogP) is 4.23. The first-order valence-corrected chi connectivity index (χ1v) is 8.08. The number of carbonyl (C=O) groups excluding carboxylic acids is 1. The van der Waals surface area contributed by atoms with Crippen molar-refractivity contribution in [2.24, 2.45) is 0 Å². The van der Waals surface area contributed by atoms with Gasteiger partial charge in [-0.3, -0.25) is 4.79 Å². The van der Waals surface area contributed by atoms with Crippen molar-refractivity contribution in [3.05, 3.63) is 0 Å². The second-order valence-corrected chi connectivity index (χ2v) is 5.77. The van der Waals surface area contributed by atoms with Gasteiger partial charge in [-0.05, 0) is 19.3 Å². The molecule has 2 nitrogen and oxygen atoms in total. The van der Waals surface area contributed by atoms with Crippen molar-refractivity contribution in [1.29, 1.82) is 0 Å². The van der Waals surface area contributed by atoms with E-state index in [1.54, 1.807) is 0 Å². The molecule has 1 aliphatic carbocycles. The number of hydrogen-bond acceptors (Lipinski definition) is 2. The average molecular weight is 253 g/mol. The van der Waals surface area contributed by atoms with E-state index in [1.165, 1.54) is 64.2 Å². The summed E-state index contributed by atoms with van der Waals surface area (Å²) in [6.07, 6.45) is 15.0. The van der Waals surface area contributed by atoms with Gasteiger partial charge in [0.25, 0.3) is 0 Å². The molecule has 1 aliphatic rings. The van der Waals surface area contributed by atoms with Crippen LogP contribution in [-0.2, 0) is 4.79 Å². The van der Waals surface area contributed by atoms with Crippen LogP contribution in [0.5, 0.6) is 0 Å². The molecule has 0 unspecified atom stereocenters. The fourth-order valence-electron chi connectivity index (χ4n) is 2.76. The van der Waals surface area contributed by atoms with Crippen LogP contribution in [0, 0.1) is 0 Å². The smallest absolute Gasteiger partial charge is 0.146 e. The van der Waals surface area contributed by atoms with E-state index in [4.69, 9.17) is 0 Å². The SMILES string of the molecule is CCCCCCCCCC(=O)CNC1CCCC1. The quantitative estimate of drug-likeness (QED) is 0.558. The highest BCUT2D eigenvalue weighted by Gasteiger charge is 2.14. The van der Waals surface area contributed by atoms with Crippen LogP contribution in [0.2, 0.25) is 0 Å². The maximum absolute atomic E-state index is 11.7. The van der Waals surface area contributed by atoms with Gasteiger partial charge in [-0.1, -0.05) is 58.3 Å². The van der Waals surface area contributed by atoms with Gasteiger partial charge in [0, 0.05) is 12.5 Å². The summed E-state index contributed by atoms with van der Waals surface area (Å²) in [6.45, 7) is 2.86. The van der Waals surface area contributed by atoms with E-state index in [1.807, 2.05) is 0 Å². The minimum absolute atomic E-state index is 0.412. The number of carbonyl (C=O) groups is 1. The standard InChI is InChI=1S/C16H31NO/c1-2-3-4-5-6-7-8-13-16(18)14-17-15-11-9-10-12-15/h15,17H,2-14H2,1H3. The minimum atomic E-state index is 0.412. The summed E-state index contributed by atoms with van der Waals surface area (Å²) in [5, 5.41) is 3.40. The second kappa shape index (κ2) is 10.5. The lowest BCUT2D eigenvalue weighted by atomic mass is 10.1. The Morgan fingerprint density at radius 1 is 1.00 bits per heavy atom. The molecule has 0 amide bonds. The first-order chi connectivity index (χ1) is 8.83. The zero-order chi connectivity index (χ0) is 13.1. The van der Waals surface area contributed by atoms with Crippen LogP contribution in [0.4, 0.5) is 0 Å². The van der Waals surface area contributed by atoms with E-state index >= 15 is 0 Å². The molecule has 106 valence electrons. The predicted molar refractivity (Wildman–Crippen MR) is 77.9 cm³/mol. The molecule has 2 heteroatoms. The van der Waals surface area contributed by atoms with E-state index in [9.17, 15) is 4.79 Å². The van der Waals surface area contributed by atoms with Crippen LogP contribution < -0.4 is 5.32 Å². The molecule has 18 heavy (non-hydrogen) atoms. The van der Waals surface area contributed by atoms with Crippen LogP contribution in [0.1, 0.15) is 84.0 Å². The normalized spacial score (nSPS) is 16.3. The molecule has 0 aromatic heterocycles. The molecule has 0 aliphatic heterocycles. The summed E-state index contributed by atoms with van der Waals surface area (Å²) in [4.78, 5) is 11.7. The number of hydrogen-bond donors (Lipinski definition) is 1. The topological polar surface area (TPSA) is 29.1 Å². The molecule has 0 atom stereocenters. The van der Waals surface area contributed by atoms with Crippen molar-refractivity contribution in [3.63, 3.8) is 0 Å². The molecule has 0 bridgehead atoms. The molecule has 0 saturated heterocycles. The van der Waals surface area contributed by atoms with Crippen molar-refractivity contribution < 1.29 is 4.79 Å². The van der Waals surface area contributed by atoms with Gasteiger partial charge in [-0.15, -0.1) is 0 Å². The van der Waals surface area contributed by atoms with E-state index in [0.717, 1.165) is 12.8 Å². The molecule has 1 saturated carbocycles. The molecule has 1 rings (SSSR count). The molecule has 0 heterocycles. The third-order valence-electron chi connectivity index (χ3n) is 4.00. The van der Waals surface area contributed by atoms with Gasteiger partial charge in [0.1, 0.15) is 5.78 Å². The lowest BCUT2D eigenvalue weighted by molar-refractivity contribution is -0.118. The Bertz CT molecular complexity index is 209.